The molecule has 0 atom stereocenters. The number of hydrogen-bond acceptors (Lipinski definition) is 2. The second-order valence-corrected chi connectivity index (χ2v) is 3.87. The van der Waals surface area contributed by atoms with Gasteiger partial charge in [0.05, 0.1) is 10.9 Å². The first-order valence-electron chi connectivity index (χ1n) is 5.13. The van der Waals surface area contributed by atoms with E-state index in [0.717, 1.165) is 11.1 Å². The minimum atomic E-state index is -0.0133. The molecule has 0 aliphatic rings. The summed E-state index contributed by atoms with van der Waals surface area (Å²) in [7, 11) is 0. The van der Waals surface area contributed by atoms with E-state index in [-0.39, 0.29) is 5.56 Å². The van der Waals surface area contributed by atoms with Gasteiger partial charge in [0, 0.05) is 6.20 Å². The maximum atomic E-state index is 12.1. The van der Waals surface area contributed by atoms with Crippen LogP contribution in [0.4, 0.5) is 0 Å². The Balaban J connectivity index is 2.61. The van der Waals surface area contributed by atoms with Gasteiger partial charge in [-0.15, -0.1) is 0 Å². The molecular formula is C13H10N2O. The number of aromatic nitrogens is 2. The summed E-state index contributed by atoms with van der Waals surface area (Å²) in [5.74, 6) is 0. The summed E-state index contributed by atoms with van der Waals surface area (Å²) in [6.07, 6.45) is 1.74. The Morgan fingerprint density at radius 3 is 2.94 bits per heavy atom. The number of hydrogen-bond donors (Lipinski definition) is 0. The van der Waals surface area contributed by atoms with Crippen molar-refractivity contribution in [1.29, 1.82) is 0 Å². The van der Waals surface area contributed by atoms with Crippen molar-refractivity contribution in [2.75, 3.05) is 0 Å². The van der Waals surface area contributed by atoms with E-state index in [1.165, 1.54) is 0 Å². The third-order valence-corrected chi connectivity index (χ3v) is 2.68. The summed E-state index contributed by atoms with van der Waals surface area (Å²) in [5, 5.41) is 0.661. The Kier molecular flexibility index (Phi) is 1.80. The van der Waals surface area contributed by atoms with Crippen LogP contribution in [0.5, 0.6) is 0 Å². The molecule has 1 aromatic carbocycles. The van der Waals surface area contributed by atoms with Gasteiger partial charge in [-0.25, -0.2) is 4.98 Å². The summed E-state index contributed by atoms with van der Waals surface area (Å²) >= 11 is 0. The Morgan fingerprint density at radius 2 is 2.06 bits per heavy atom. The fraction of sp³-hybridized carbons (Fsp3) is 0.0769. The molecule has 0 radical (unpaired) electrons. The van der Waals surface area contributed by atoms with E-state index in [4.69, 9.17) is 0 Å². The first kappa shape index (κ1) is 9.09. The molecular weight excluding hydrogens is 200 g/mol. The van der Waals surface area contributed by atoms with Gasteiger partial charge in [0.1, 0.15) is 5.65 Å². The van der Waals surface area contributed by atoms with Crippen LogP contribution in [0.15, 0.2) is 47.4 Å². The van der Waals surface area contributed by atoms with Gasteiger partial charge in [-0.1, -0.05) is 12.1 Å². The number of rotatable bonds is 0. The van der Waals surface area contributed by atoms with Gasteiger partial charge in [-0.05, 0) is 36.8 Å². The fourth-order valence-corrected chi connectivity index (χ4v) is 1.87. The average Bonchev–Trinajstić information content (AvgIpc) is 2.29. The van der Waals surface area contributed by atoms with Crippen LogP contribution in [0.1, 0.15) is 5.56 Å². The molecule has 0 amide bonds. The minimum Gasteiger partial charge on any atom is -0.268 e. The molecule has 0 saturated heterocycles. The first-order chi connectivity index (χ1) is 7.75. The van der Waals surface area contributed by atoms with E-state index >= 15 is 0 Å². The molecule has 0 aliphatic carbocycles. The van der Waals surface area contributed by atoms with Crippen LogP contribution < -0.4 is 5.56 Å². The van der Waals surface area contributed by atoms with Crippen molar-refractivity contribution in [3.8, 4) is 0 Å². The van der Waals surface area contributed by atoms with Crippen molar-refractivity contribution in [1.82, 2.24) is 9.38 Å². The molecule has 0 spiro atoms. The number of benzene rings is 1. The van der Waals surface area contributed by atoms with Crippen molar-refractivity contribution in [3.63, 3.8) is 0 Å². The zero-order chi connectivity index (χ0) is 11.1. The maximum absolute atomic E-state index is 12.1. The first-order valence-corrected chi connectivity index (χ1v) is 5.13. The predicted molar refractivity (Wildman–Crippen MR) is 63.7 cm³/mol. The van der Waals surface area contributed by atoms with E-state index in [1.807, 2.05) is 43.3 Å². The molecule has 0 N–H and O–H groups in total. The average molecular weight is 210 g/mol. The SMILES string of the molecule is Cc1ccc2c(=O)n3ccccc3nc2c1. The van der Waals surface area contributed by atoms with Gasteiger partial charge in [-0.3, -0.25) is 9.20 Å². The van der Waals surface area contributed by atoms with Crippen molar-refractivity contribution < 1.29 is 0 Å². The highest BCUT2D eigenvalue weighted by atomic mass is 16.1. The molecule has 0 aliphatic heterocycles. The third kappa shape index (κ3) is 1.21. The zero-order valence-corrected chi connectivity index (χ0v) is 8.84. The van der Waals surface area contributed by atoms with Crippen LogP contribution >= 0.6 is 0 Å². The van der Waals surface area contributed by atoms with Crippen LogP contribution in [0.25, 0.3) is 16.6 Å². The van der Waals surface area contributed by atoms with Crippen LogP contribution in [-0.4, -0.2) is 9.38 Å². The quantitative estimate of drug-likeness (QED) is 0.533. The highest BCUT2D eigenvalue weighted by Gasteiger charge is 2.03. The van der Waals surface area contributed by atoms with Gasteiger partial charge < -0.3 is 0 Å². The summed E-state index contributed by atoms with van der Waals surface area (Å²) in [4.78, 5) is 16.6. The van der Waals surface area contributed by atoms with E-state index in [0.29, 0.717) is 11.0 Å². The van der Waals surface area contributed by atoms with E-state index in [2.05, 4.69) is 4.98 Å². The monoisotopic (exact) mass is 210 g/mol. The summed E-state index contributed by atoms with van der Waals surface area (Å²) in [5.41, 5.74) is 2.54. The van der Waals surface area contributed by atoms with E-state index in [9.17, 15) is 4.79 Å². The van der Waals surface area contributed by atoms with Crippen LogP contribution in [0, 0.1) is 6.92 Å². The number of pyridine rings is 1. The Bertz CT molecular complexity index is 744. The highest BCUT2D eigenvalue weighted by Crippen LogP contribution is 2.11. The van der Waals surface area contributed by atoms with Gasteiger partial charge in [0.25, 0.3) is 5.56 Å². The van der Waals surface area contributed by atoms with Crippen molar-refractivity contribution in [2.45, 2.75) is 6.92 Å². The molecule has 2 heterocycles. The predicted octanol–water partition coefficient (Wildman–Crippen LogP) is 2.16. The molecule has 0 saturated carbocycles. The molecule has 0 unspecified atom stereocenters. The second kappa shape index (κ2) is 3.17. The van der Waals surface area contributed by atoms with Gasteiger partial charge in [0.2, 0.25) is 0 Å². The largest absolute Gasteiger partial charge is 0.268 e. The van der Waals surface area contributed by atoms with Gasteiger partial charge >= 0.3 is 0 Å². The lowest BCUT2D eigenvalue weighted by Gasteiger charge is -2.02. The van der Waals surface area contributed by atoms with E-state index in [1.54, 1.807) is 10.6 Å². The molecule has 3 heteroatoms. The van der Waals surface area contributed by atoms with Crippen molar-refractivity contribution in [2.24, 2.45) is 0 Å². The third-order valence-electron chi connectivity index (χ3n) is 2.68. The summed E-state index contributed by atoms with van der Waals surface area (Å²) < 4.78 is 1.57. The molecule has 0 bridgehead atoms. The number of nitrogens with zero attached hydrogens (tertiary/aromatic N) is 2. The Hall–Kier alpha value is -2.16. The standard InChI is InChI=1S/C13H10N2O/c1-9-5-6-10-11(8-9)14-12-4-2-3-7-15(12)13(10)16/h2-8H,1H3. The summed E-state index contributed by atoms with van der Waals surface area (Å²) in [6, 6.07) is 11.2. The van der Waals surface area contributed by atoms with Crippen molar-refractivity contribution >= 4 is 16.6 Å². The number of fused-ring (bicyclic) bond motifs is 2. The topological polar surface area (TPSA) is 34.4 Å². The normalized spacial score (nSPS) is 11.1. The highest BCUT2D eigenvalue weighted by molar-refractivity contribution is 5.80. The zero-order valence-electron chi connectivity index (χ0n) is 8.84. The number of aryl methyl sites for hydroxylation is 1. The van der Waals surface area contributed by atoms with Crippen LogP contribution in [-0.2, 0) is 0 Å². The molecule has 2 aromatic heterocycles. The van der Waals surface area contributed by atoms with Crippen LogP contribution in [0.3, 0.4) is 0 Å². The van der Waals surface area contributed by atoms with Gasteiger partial charge in [-0.2, -0.15) is 0 Å². The minimum absolute atomic E-state index is 0.0133. The molecule has 3 nitrogen and oxygen atoms in total. The molecule has 3 aromatic rings. The van der Waals surface area contributed by atoms with Crippen LogP contribution in [0.2, 0.25) is 0 Å². The lowest BCUT2D eigenvalue weighted by molar-refractivity contribution is 1.08. The van der Waals surface area contributed by atoms with Crippen molar-refractivity contribution in [3.05, 3.63) is 58.5 Å². The second-order valence-electron chi connectivity index (χ2n) is 3.87. The lowest BCUT2D eigenvalue weighted by Crippen LogP contribution is -2.14. The summed E-state index contributed by atoms with van der Waals surface area (Å²) in [6.45, 7) is 1.99. The Labute approximate surface area is 92.0 Å². The lowest BCUT2D eigenvalue weighted by atomic mass is 10.2. The molecule has 16 heavy (non-hydrogen) atoms. The smallest absolute Gasteiger partial charge is 0.265 e. The van der Waals surface area contributed by atoms with Gasteiger partial charge in [0.15, 0.2) is 0 Å². The molecule has 3 rings (SSSR count). The Morgan fingerprint density at radius 1 is 1.19 bits per heavy atom. The maximum Gasteiger partial charge on any atom is 0.265 e. The van der Waals surface area contributed by atoms with E-state index < -0.39 is 0 Å². The molecule has 0 fully saturated rings. The fourth-order valence-electron chi connectivity index (χ4n) is 1.87. The molecule has 78 valence electrons.